The molecule has 2 fully saturated rings. The molecule has 0 spiro atoms. The van der Waals surface area contributed by atoms with Crippen LogP contribution in [0.1, 0.15) is 91.0 Å². The zero-order valence-electron chi connectivity index (χ0n) is 29.4. The SMILES string of the molecule is CCN(c1cc(-c2ccc(CN3CCCCCC3)cc2)cc(C(=O)NCc2c(OC)nn(C)c2C)c1C)C1CCC(N(C)C)CC1. The van der Waals surface area contributed by atoms with Gasteiger partial charge in [0.2, 0.25) is 5.88 Å². The number of nitrogens with one attached hydrogen (secondary N) is 1. The van der Waals surface area contributed by atoms with E-state index in [0.29, 0.717) is 24.5 Å². The second kappa shape index (κ2) is 15.5. The lowest BCUT2D eigenvalue weighted by Crippen LogP contribution is -2.42. The Bertz CT molecular complexity index is 1450. The van der Waals surface area contributed by atoms with Gasteiger partial charge in [-0.25, -0.2) is 0 Å². The van der Waals surface area contributed by atoms with E-state index in [9.17, 15) is 4.79 Å². The van der Waals surface area contributed by atoms with E-state index in [1.165, 1.54) is 62.9 Å². The van der Waals surface area contributed by atoms with E-state index in [1.54, 1.807) is 11.8 Å². The summed E-state index contributed by atoms with van der Waals surface area (Å²) in [6.07, 6.45) is 10.0. The van der Waals surface area contributed by atoms with Crippen LogP contribution >= 0.6 is 0 Å². The Morgan fingerprint density at radius 1 is 0.957 bits per heavy atom. The molecule has 0 bridgehead atoms. The predicted octanol–water partition coefficient (Wildman–Crippen LogP) is 6.72. The van der Waals surface area contributed by atoms with Crippen LogP contribution in [0.3, 0.4) is 0 Å². The summed E-state index contributed by atoms with van der Waals surface area (Å²) >= 11 is 0. The van der Waals surface area contributed by atoms with Crippen molar-refractivity contribution in [3.63, 3.8) is 0 Å². The Morgan fingerprint density at radius 2 is 1.61 bits per heavy atom. The number of ether oxygens (including phenoxy) is 1. The van der Waals surface area contributed by atoms with Gasteiger partial charge in [0.25, 0.3) is 5.91 Å². The van der Waals surface area contributed by atoms with Crippen molar-refractivity contribution < 1.29 is 9.53 Å². The molecule has 1 aromatic heterocycles. The normalized spacial score (nSPS) is 19.2. The van der Waals surface area contributed by atoms with Gasteiger partial charge in [-0.1, -0.05) is 37.1 Å². The van der Waals surface area contributed by atoms with Crippen molar-refractivity contribution in [3.8, 4) is 17.0 Å². The Morgan fingerprint density at radius 3 is 2.22 bits per heavy atom. The molecule has 2 aliphatic rings. The number of amides is 1. The first-order chi connectivity index (χ1) is 22.2. The molecule has 1 N–H and O–H groups in total. The molecular formula is C38H56N6O2. The van der Waals surface area contributed by atoms with Crippen molar-refractivity contribution in [3.05, 3.63) is 64.3 Å². The van der Waals surface area contributed by atoms with Crippen molar-refractivity contribution in [1.29, 1.82) is 0 Å². The van der Waals surface area contributed by atoms with Gasteiger partial charge in [0, 0.05) is 49.2 Å². The fourth-order valence-corrected chi connectivity index (χ4v) is 7.52. The molecule has 250 valence electrons. The van der Waals surface area contributed by atoms with Crippen molar-refractivity contribution in [2.75, 3.05) is 45.7 Å². The fourth-order valence-electron chi connectivity index (χ4n) is 7.52. The molecule has 1 aliphatic heterocycles. The number of rotatable bonds is 11. The van der Waals surface area contributed by atoms with Crippen LogP contribution in [-0.4, -0.2) is 78.4 Å². The number of aromatic nitrogens is 2. The van der Waals surface area contributed by atoms with E-state index in [1.807, 2.05) is 14.0 Å². The third-order valence-electron chi connectivity index (χ3n) is 10.5. The molecular weight excluding hydrogens is 572 g/mol. The number of aryl methyl sites for hydroxylation is 1. The van der Waals surface area contributed by atoms with Gasteiger partial charge in [0.15, 0.2) is 0 Å². The Balaban J connectivity index is 1.45. The van der Waals surface area contributed by atoms with Crippen molar-refractivity contribution in [2.24, 2.45) is 7.05 Å². The molecule has 1 saturated carbocycles. The largest absolute Gasteiger partial charge is 0.480 e. The maximum absolute atomic E-state index is 14.0. The highest BCUT2D eigenvalue weighted by Crippen LogP contribution is 2.36. The summed E-state index contributed by atoms with van der Waals surface area (Å²) in [5.74, 6) is 0.480. The van der Waals surface area contributed by atoms with Gasteiger partial charge in [0.1, 0.15) is 0 Å². The number of benzene rings is 2. The molecule has 46 heavy (non-hydrogen) atoms. The molecule has 0 atom stereocenters. The van der Waals surface area contributed by atoms with Gasteiger partial charge in [-0.2, -0.15) is 0 Å². The molecule has 3 aromatic rings. The van der Waals surface area contributed by atoms with Gasteiger partial charge in [-0.05, 0) is 121 Å². The van der Waals surface area contributed by atoms with E-state index >= 15 is 0 Å². The minimum absolute atomic E-state index is 0.0731. The van der Waals surface area contributed by atoms with E-state index in [0.717, 1.165) is 59.4 Å². The molecule has 1 amide bonds. The van der Waals surface area contributed by atoms with Crippen LogP contribution in [0.4, 0.5) is 5.69 Å². The van der Waals surface area contributed by atoms with E-state index < -0.39 is 0 Å². The minimum Gasteiger partial charge on any atom is -0.480 e. The fraction of sp³-hybridized carbons (Fsp3) is 0.579. The number of carbonyl (C=O) groups is 1. The predicted molar refractivity (Wildman–Crippen MR) is 189 cm³/mol. The molecule has 8 heteroatoms. The number of hydrogen-bond acceptors (Lipinski definition) is 6. The zero-order valence-corrected chi connectivity index (χ0v) is 29.4. The second-order valence-electron chi connectivity index (χ2n) is 13.6. The molecule has 2 heterocycles. The third-order valence-corrected chi connectivity index (χ3v) is 10.5. The van der Waals surface area contributed by atoms with Crippen molar-refractivity contribution in [2.45, 2.75) is 97.3 Å². The summed E-state index contributed by atoms with van der Waals surface area (Å²) in [6, 6.07) is 14.5. The lowest BCUT2D eigenvalue weighted by Gasteiger charge is -2.40. The lowest BCUT2D eigenvalue weighted by molar-refractivity contribution is 0.0950. The number of hydrogen-bond donors (Lipinski definition) is 1. The number of methoxy groups -OCH3 is 1. The first-order valence-electron chi connectivity index (χ1n) is 17.4. The second-order valence-corrected chi connectivity index (χ2v) is 13.6. The van der Waals surface area contributed by atoms with Gasteiger partial charge in [0.05, 0.1) is 19.2 Å². The van der Waals surface area contributed by atoms with Crippen LogP contribution in [-0.2, 0) is 20.1 Å². The molecule has 5 rings (SSSR count). The number of nitrogens with zero attached hydrogens (tertiary/aromatic N) is 5. The zero-order chi connectivity index (χ0) is 32.8. The van der Waals surface area contributed by atoms with E-state index in [4.69, 9.17) is 4.74 Å². The minimum atomic E-state index is -0.0731. The molecule has 1 aliphatic carbocycles. The highest BCUT2D eigenvalue weighted by molar-refractivity contribution is 5.99. The number of anilines is 1. The monoisotopic (exact) mass is 628 g/mol. The molecule has 1 saturated heterocycles. The van der Waals surface area contributed by atoms with Gasteiger partial charge in [-0.3, -0.25) is 14.4 Å². The summed E-state index contributed by atoms with van der Waals surface area (Å²) in [6.45, 7) is 11.0. The van der Waals surface area contributed by atoms with Gasteiger partial charge in [-0.15, -0.1) is 5.10 Å². The van der Waals surface area contributed by atoms with Crippen molar-refractivity contribution in [1.82, 2.24) is 24.9 Å². The van der Waals surface area contributed by atoms with Crippen LogP contribution in [0.5, 0.6) is 5.88 Å². The van der Waals surface area contributed by atoms with Crippen molar-refractivity contribution >= 4 is 11.6 Å². The molecule has 0 radical (unpaired) electrons. The summed E-state index contributed by atoms with van der Waals surface area (Å²) < 4.78 is 7.30. The molecule has 8 nitrogen and oxygen atoms in total. The van der Waals surface area contributed by atoms with E-state index in [-0.39, 0.29) is 5.91 Å². The Labute approximate surface area is 277 Å². The smallest absolute Gasteiger partial charge is 0.251 e. The summed E-state index contributed by atoms with van der Waals surface area (Å²) in [5.41, 5.74) is 8.39. The van der Waals surface area contributed by atoms with Crippen LogP contribution in [0, 0.1) is 13.8 Å². The molecule has 2 aromatic carbocycles. The average Bonchev–Trinajstić information content (AvgIpc) is 3.19. The number of likely N-dealkylation sites (tertiary alicyclic amines) is 1. The maximum atomic E-state index is 14.0. The van der Waals surface area contributed by atoms with Crippen LogP contribution in [0.15, 0.2) is 36.4 Å². The highest BCUT2D eigenvalue weighted by Gasteiger charge is 2.28. The van der Waals surface area contributed by atoms with Crippen LogP contribution in [0.2, 0.25) is 0 Å². The Kier molecular flexibility index (Phi) is 11.4. The summed E-state index contributed by atoms with van der Waals surface area (Å²) in [7, 11) is 7.91. The average molecular weight is 629 g/mol. The quantitative estimate of drug-likeness (QED) is 0.255. The highest BCUT2D eigenvalue weighted by atomic mass is 16.5. The third kappa shape index (κ3) is 7.77. The first-order valence-corrected chi connectivity index (χ1v) is 17.4. The van der Waals surface area contributed by atoms with Crippen LogP contribution in [0.25, 0.3) is 11.1 Å². The van der Waals surface area contributed by atoms with E-state index in [2.05, 4.69) is 89.5 Å². The topological polar surface area (TPSA) is 65.9 Å². The summed E-state index contributed by atoms with van der Waals surface area (Å²) in [5, 5.41) is 7.65. The first kappa shape index (κ1) is 34.0. The summed E-state index contributed by atoms with van der Waals surface area (Å²) in [4.78, 5) is 21.5. The lowest BCUT2D eigenvalue weighted by atomic mass is 9.88. The Hall–Kier alpha value is -3.36. The van der Waals surface area contributed by atoms with Gasteiger partial charge < -0.3 is 19.9 Å². The molecule has 0 unspecified atom stereocenters. The standard InChI is InChI=1S/C38H56N6O2/c1-8-44(33-19-17-32(18-20-33)41(4)5)36-24-31(30-15-13-29(14-16-30)26-43-21-11-9-10-12-22-43)23-34(27(36)2)37(45)39-25-35-28(3)42(6)40-38(35)46-7/h13-16,23-24,32-33H,8-12,17-22,25-26H2,1-7H3,(H,39,45). The number of carbonyl (C=O) groups excluding carboxylic acids is 1. The van der Waals surface area contributed by atoms with Crippen LogP contribution < -0.4 is 15.0 Å². The van der Waals surface area contributed by atoms with Gasteiger partial charge >= 0.3 is 0 Å². The maximum Gasteiger partial charge on any atom is 0.251 e.